The molecule has 0 nitrogen and oxygen atoms in total. The van der Waals surface area contributed by atoms with Crippen molar-refractivity contribution in [1.29, 1.82) is 0 Å². The Kier molecular flexibility index (Phi) is 1.61. The molecule has 0 saturated heterocycles. The van der Waals surface area contributed by atoms with Crippen molar-refractivity contribution in [2.45, 2.75) is 19.4 Å². The Hall–Kier alpha value is 0.217. The molecule has 4 heavy (non-hydrogen) atoms. The van der Waals surface area contributed by atoms with E-state index in [4.69, 9.17) is 0 Å². The van der Waals surface area contributed by atoms with Crippen molar-refractivity contribution in [2.75, 3.05) is 0 Å². The van der Waals surface area contributed by atoms with Crippen LogP contribution in [0.3, 0.4) is 0 Å². The van der Waals surface area contributed by atoms with Gasteiger partial charge in [0.25, 0.3) is 0 Å². The molecule has 0 saturated carbocycles. The first kappa shape index (κ1) is 4.22. The van der Waals surface area contributed by atoms with Crippen molar-refractivity contribution < 1.29 is 0 Å². The van der Waals surface area contributed by atoms with Crippen LogP contribution in [0.25, 0.3) is 0 Å². The van der Waals surface area contributed by atoms with Gasteiger partial charge in [0.15, 0.2) is 0 Å². The highest BCUT2D eigenvalue weighted by Crippen LogP contribution is 1.84. The average molecular weight is 74.2 g/mol. The van der Waals surface area contributed by atoms with Crippen LogP contribution >= 0.6 is 0 Å². The van der Waals surface area contributed by atoms with Gasteiger partial charge in [-0.1, -0.05) is 19.4 Å². The van der Waals surface area contributed by atoms with Gasteiger partial charge in [0.2, 0.25) is 0 Å². The maximum Gasteiger partial charge on any atom is 0.00602 e. The molecule has 0 N–H and O–H groups in total. The molecule has 1 heteroatoms. The molecule has 0 amide bonds. The summed E-state index contributed by atoms with van der Waals surface area (Å²) in [4.78, 5) is 0. The quantitative estimate of drug-likeness (QED) is 0.360. The molecule has 0 spiro atoms. The van der Waals surface area contributed by atoms with Crippen LogP contribution in [0.2, 0.25) is 5.54 Å². The molecule has 0 aromatic carbocycles. The average Bonchev–Trinajstić information content (AvgIpc) is 0.811. The van der Waals surface area contributed by atoms with Gasteiger partial charge in [-0.15, -0.1) is 0 Å². The predicted molar refractivity (Wildman–Crippen MR) is 25.0 cm³/mol. The highest BCUT2D eigenvalue weighted by Gasteiger charge is 1.68. The van der Waals surface area contributed by atoms with Gasteiger partial charge in [-0.05, 0) is 0 Å². The van der Waals surface area contributed by atoms with Crippen LogP contribution in [-0.2, 0) is 0 Å². The van der Waals surface area contributed by atoms with E-state index in [1.807, 2.05) is 0 Å². The Labute approximate surface area is 30.6 Å². The lowest BCUT2D eigenvalue weighted by Crippen LogP contribution is -1.67. The molecular weight excluding hydrogens is 64.1 g/mol. The Bertz CT molecular complexity index is 8.00. The number of hydrogen-bond acceptors (Lipinski definition) is 0. The van der Waals surface area contributed by atoms with Crippen LogP contribution in [0.15, 0.2) is 0 Å². The second kappa shape index (κ2) is 1.53. The monoisotopic (exact) mass is 74.1 g/mol. The molecular formula is C3H10Si. The van der Waals surface area contributed by atoms with E-state index in [2.05, 4.69) is 13.8 Å². The zero-order valence-corrected chi connectivity index (χ0v) is 5.58. The van der Waals surface area contributed by atoms with E-state index in [1.54, 1.807) is 0 Å². The van der Waals surface area contributed by atoms with E-state index in [0.717, 1.165) is 5.54 Å². The molecule has 0 aromatic heterocycles. The van der Waals surface area contributed by atoms with Crippen molar-refractivity contribution in [2.24, 2.45) is 0 Å². The summed E-state index contributed by atoms with van der Waals surface area (Å²) in [5.41, 5.74) is 0.972. The summed E-state index contributed by atoms with van der Waals surface area (Å²) in [6.45, 7) is 4.46. The van der Waals surface area contributed by atoms with Crippen LogP contribution in [0.1, 0.15) is 13.8 Å². The summed E-state index contributed by atoms with van der Waals surface area (Å²) < 4.78 is 0. The summed E-state index contributed by atoms with van der Waals surface area (Å²) in [6.07, 6.45) is 0. The minimum Gasteiger partial charge on any atom is -0.0660 e. The summed E-state index contributed by atoms with van der Waals surface area (Å²) in [5.74, 6) is 0. The van der Waals surface area contributed by atoms with Gasteiger partial charge in [-0.3, -0.25) is 0 Å². The number of hydrogen-bond donors (Lipinski definition) is 0. The second-order valence-electron chi connectivity index (χ2n) is 1.73. The standard InChI is InChI=1S/C3H10Si/c1-3(2)4/h3H,1-2,4H3. The third-order valence-corrected chi connectivity index (χ3v) is 0. The van der Waals surface area contributed by atoms with E-state index >= 15 is 0 Å². The highest BCUT2D eigenvalue weighted by molar-refractivity contribution is 6.10. The Morgan fingerprint density at radius 2 is 1.50 bits per heavy atom. The van der Waals surface area contributed by atoms with Crippen LogP contribution in [0, 0.1) is 0 Å². The van der Waals surface area contributed by atoms with Crippen molar-refractivity contribution in [3.05, 3.63) is 0 Å². The fourth-order valence-corrected chi connectivity index (χ4v) is 0. The second-order valence-corrected chi connectivity index (χ2v) is 4.04. The largest absolute Gasteiger partial charge is 0.0660 e. The minimum absolute atomic E-state index is 0.972. The lowest BCUT2D eigenvalue weighted by Gasteiger charge is -1.78. The maximum atomic E-state index is 2.23. The molecule has 0 aliphatic rings. The topological polar surface area (TPSA) is 0 Å². The highest BCUT2D eigenvalue weighted by atomic mass is 28.1. The first-order valence-corrected chi connectivity index (χ1v) is 2.89. The number of rotatable bonds is 0. The summed E-state index contributed by atoms with van der Waals surface area (Å²) in [7, 11) is 1.35. The molecule has 26 valence electrons. The molecule has 0 unspecified atom stereocenters. The molecule has 0 fully saturated rings. The molecule has 0 aliphatic heterocycles. The molecule has 0 bridgehead atoms. The lowest BCUT2D eigenvalue weighted by molar-refractivity contribution is 1.08. The zero-order chi connectivity index (χ0) is 3.58. The first-order valence-electron chi connectivity index (χ1n) is 1.73. The van der Waals surface area contributed by atoms with Gasteiger partial charge < -0.3 is 0 Å². The first-order chi connectivity index (χ1) is 1.73. The van der Waals surface area contributed by atoms with Gasteiger partial charge in [0.1, 0.15) is 0 Å². The molecule has 0 aliphatic carbocycles. The van der Waals surface area contributed by atoms with Crippen molar-refractivity contribution in [1.82, 2.24) is 0 Å². The minimum atomic E-state index is 0.972. The van der Waals surface area contributed by atoms with E-state index in [-0.39, 0.29) is 0 Å². The Morgan fingerprint density at radius 3 is 1.50 bits per heavy atom. The Balaban J connectivity index is 2.32. The normalized spacial score (nSPS) is 9.75. The molecule has 0 radical (unpaired) electrons. The van der Waals surface area contributed by atoms with Crippen LogP contribution in [0.5, 0.6) is 0 Å². The van der Waals surface area contributed by atoms with Gasteiger partial charge in [0, 0.05) is 10.2 Å². The SMILES string of the molecule is CC(C)[SiH3]. The third kappa shape index (κ3) is 69.8. The molecule has 0 aromatic rings. The summed E-state index contributed by atoms with van der Waals surface area (Å²) in [5, 5.41) is 0. The van der Waals surface area contributed by atoms with E-state index in [9.17, 15) is 0 Å². The fraction of sp³-hybridized carbons (Fsp3) is 1.00. The van der Waals surface area contributed by atoms with Crippen LogP contribution < -0.4 is 0 Å². The molecule has 0 atom stereocenters. The summed E-state index contributed by atoms with van der Waals surface area (Å²) in [6, 6.07) is 0. The Morgan fingerprint density at radius 1 is 1.50 bits per heavy atom. The lowest BCUT2D eigenvalue weighted by atomic mass is 10.6. The van der Waals surface area contributed by atoms with E-state index in [0.29, 0.717) is 0 Å². The summed E-state index contributed by atoms with van der Waals surface area (Å²) >= 11 is 0. The van der Waals surface area contributed by atoms with Gasteiger partial charge in [-0.25, -0.2) is 0 Å². The van der Waals surface area contributed by atoms with Crippen molar-refractivity contribution in [3.63, 3.8) is 0 Å². The third-order valence-electron chi connectivity index (χ3n) is 0. The van der Waals surface area contributed by atoms with Gasteiger partial charge >= 0.3 is 0 Å². The van der Waals surface area contributed by atoms with Gasteiger partial charge in [-0.2, -0.15) is 0 Å². The smallest absolute Gasteiger partial charge is 0.00602 e. The van der Waals surface area contributed by atoms with Crippen LogP contribution in [0.4, 0.5) is 0 Å². The van der Waals surface area contributed by atoms with E-state index in [1.165, 1.54) is 10.2 Å². The molecule has 0 rings (SSSR count). The maximum absolute atomic E-state index is 2.23. The molecule has 0 heterocycles. The van der Waals surface area contributed by atoms with Crippen molar-refractivity contribution >= 4 is 10.2 Å². The van der Waals surface area contributed by atoms with Crippen LogP contribution in [-0.4, -0.2) is 10.2 Å². The van der Waals surface area contributed by atoms with E-state index < -0.39 is 0 Å². The zero-order valence-electron chi connectivity index (χ0n) is 3.58. The van der Waals surface area contributed by atoms with Gasteiger partial charge in [0.05, 0.1) is 0 Å². The van der Waals surface area contributed by atoms with Crippen molar-refractivity contribution in [3.8, 4) is 0 Å². The fourth-order valence-electron chi connectivity index (χ4n) is 0. The predicted octanol–water partition coefficient (Wildman–Crippen LogP) is 0.180.